The van der Waals surface area contributed by atoms with Gasteiger partial charge in [-0.05, 0) is 18.6 Å². The first-order valence-corrected chi connectivity index (χ1v) is 5.78. The Morgan fingerprint density at radius 3 is 2.76 bits per heavy atom. The molecule has 1 saturated heterocycles. The predicted molar refractivity (Wildman–Crippen MR) is 64.6 cm³/mol. The third kappa shape index (κ3) is 3.43. The van der Waals surface area contributed by atoms with Crippen LogP contribution in [0.3, 0.4) is 0 Å². The highest BCUT2D eigenvalue weighted by Gasteiger charge is 2.42. The summed E-state index contributed by atoms with van der Waals surface area (Å²) in [5.41, 5.74) is 0.909. The monoisotopic (exact) mass is 232 g/mol. The molecule has 1 heterocycles. The van der Waals surface area contributed by atoms with Gasteiger partial charge in [0.05, 0.1) is 13.2 Å². The number of carbonyl (C=O) groups excluding carboxylic acids is 1. The van der Waals surface area contributed by atoms with E-state index in [0.29, 0.717) is 13.2 Å². The maximum Gasteiger partial charge on any atom is 0.330 e. The van der Waals surface area contributed by atoms with Gasteiger partial charge in [0.2, 0.25) is 0 Å². The van der Waals surface area contributed by atoms with E-state index in [9.17, 15) is 4.79 Å². The van der Waals surface area contributed by atoms with Crippen molar-refractivity contribution in [3.8, 4) is 0 Å². The number of ether oxygens (including phenoxy) is 2. The molecule has 1 aliphatic heterocycles. The topological polar surface area (TPSA) is 38.8 Å². The van der Waals surface area contributed by atoms with Gasteiger partial charge in [0.15, 0.2) is 0 Å². The van der Waals surface area contributed by atoms with Crippen molar-refractivity contribution < 1.29 is 14.3 Å². The average molecular weight is 232 g/mol. The normalized spacial score (nSPS) is 22.6. The molecule has 1 aromatic carbocycles. The van der Waals surface area contributed by atoms with Crippen molar-refractivity contribution in [2.24, 2.45) is 0 Å². The number of epoxide rings is 1. The zero-order chi connectivity index (χ0) is 12.1. The van der Waals surface area contributed by atoms with E-state index >= 15 is 0 Å². The summed E-state index contributed by atoms with van der Waals surface area (Å²) in [5, 5.41) is 0. The van der Waals surface area contributed by atoms with Crippen LogP contribution in [0, 0.1) is 0 Å². The highest BCUT2D eigenvalue weighted by atomic mass is 16.6. The summed E-state index contributed by atoms with van der Waals surface area (Å²) in [5.74, 6) is -0.310. The molecule has 1 aliphatic rings. The fraction of sp³-hybridized carbons (Fsp3) is 0.357. The van der Waals surface area contributed by atoms with Gasteiger partial charge in [0.1, 0.15) is 5.60 Å². The van der Waals surface area contributed by atoms with E-state index in [1.807, 2.05) is 18.2 Å². The second-order valence-corrected chi connectivity index (χ2v) is 4.10. The maximum absolute atomic E-state index is 11.2. The average Bonchev–Trinajstić information content (AvgIpc) is 3.09. The number of carbonyl (C=O) groups is 1. The molecule has 0 amide bonds. The van der Waals surface area contributed by atoms with Crippen LogP contribution in [0.4, 0.5) is 0 Å². The number of esters is 1. The van der Waals surface area contributed by atoms with Gasteiger partial charge in [-0.15, -0.1) is 0 Å². The van der Waals surface area contributed by atoms with Crippen LogP contribution in [-0.2, 0) is 20.7 Å². The van der Waals surface area contributed by atoms with Crippen LogP contribution < -0.4 is 0 Å². The molecule has 2 rings (SSSR count). The van der Waals surface area contributed by atoms with Crippen molar-refractivity contribution >= 4 is 5.97 Å². The fourth-order valence-corrected chi connectivity index (χ4v) is 1.70. The Labute approximate surface area is 101 Å². The lowest BCUT2D eigenvalue weighted by Crippen LogP contribution is -2.12. The third-order valence-corrected chi connectivity index (χ3v) is 2.67. The van der Waals surface area contributed by atoms with E-state index in [1.165, 1.54) is 11.6 Å². The third-order valence-electron chi connectivity index (χ3n) is 2.67. The summed E-state index contributed by atoms with van der Waals surface area (Å²) in [6.45, 7) is 2.85. The Bertz CT molecular complexity index is 405. The molecule has 0 saturated carbocycles. The Hall–Kier alpha value is -1.61. The van der Waals surface area contributed by atoms with E-state index in [4.69, 9.17) is 9.47 Å². The second-order valence-electron chi connectivity index (χ2n) is 4.10. The molecule has 0 unspecified atom stereocenters. The molecule has 0 radical (unpaired) electrons. The molecule has 0 bridgehead atoms. The van der Waals surface area contributed by atoms with Gasteiger partial charge in [0, 0.05) is 12.5 Å². The largest absolute Gasteiger partial charge is 0.463 e. The van der Waals surface area contributed by atoms with Crippen LogP contribution in [-0.4, -0.2) is 24.8 Å². The van der Waals surface area contributed by atoms with E-state index in [1.54, 1.807) is 13.0 Å². The zero-order valence-corrected chi connectivity index (χ0v) is 9.89. The van der Waals surface area contributed by atoms with E-state index < -0.39 is 0 Å². The zero-order valence-electron chi connectivity index (χ0n) is 9.89. The maximum atomic E-state index is 11.2. The lowest BCUT2D eigenvalue weighted by atomic mass is 10.00. The van der Waals surface area contributed by atoms with Gasteiger partial charge < -0.3 is 9.47 Å². The molecule has 90 valence electrons. The van der Waals surface area contributed by atoms with Crippen LogP contribution in [0.5, 0.6) is 0 Å². The summed E-state index contributed by atoms with van der Waals surface area (Å²) in [6, 6.07) is 10.1. The number of hydrogen-bond acceptors (Lipinski definition) is 3. The molecule has 17 heavy (non-hydrogen) atoms. The summed E-state index contributed by atoms with van der Waals surface area (Å²) < 4.78 is 10.3. The number of hydrogen-bond donors (Lipinski definition) is 0. The number of benzene rings is 1. The van der Waals surface area contributed by atoms with Gasteiger partial charge >= 0.3 is 5.97 Å². The minimum absolute atomic E-state index is 0.298. The minimum atomic E-state index is -0.310. The van der Waals surface area contributed by atoms with Crippen LogP contribution in [0.25, 0.3) is 0 Å². The molecule has 0 spiro atoms. The first-order valence-electron chi connectivity index (χ1n) is 5.78. The van der Waals surface area contributed by atoms with Crippen molar-refractivity contribution in [1.29, 1.82) is 0 Å². The smallest absolute Gasteiger partial charge is 0.330 e. The highest BCUT2D eigenvalue weighted by molar-refractivity contribution is 5.82. The van der Waals surface area contributed by atoms with E-state index in [-0.39, 0.29) is 11.6 Å². The van der Waals surface area contributed by atoms with Crippen molar-refractivity contribution in [2.45, 2.75) is 18.9 Å². The van der Waals surface area contributed by atoms with Crippen molar-refractivity contribution in [2.75, 3.05) is 13.2 Å². The van der Waals surface area contributed by atoms with Crippen molar-refractivity contribution in [3.05, 3.63) is 48.0 Å². The molecule has 1 fully saturated rings. The van der Waals surface area contributed by atoms with Crippen LogP contribution in [0.1, 0.15) is 12.5 Å². The standard InChI is InChI=1S/C14H16O3/c1-2-16-13(15)8-9-14(11-17-14)10-12-6-4-3-5-7-12/h3-9H,2,10-11H2,1H3/b9-8+/t14-/m0/s1. The SMILES string of the molecule is CCOC(=O)/C=C/[C@]1(Cc2ccccc2)CO1. The Balaban J connectivity index is 1.94. The second kappa shape index (κ2) is 5.15. The fourth-order valence-electron chi connectivity index (χ4n) is 1.70. The van der Waals surface area contributed by atoms with Crippen molar-refractivity contribution in [3.63, 3.8) is 0 Å². The van der Waals surface area contributed by atoms with E-state index in [2.05, 4.69) is 12.1 Å². The highest BCUT2D eigenvalue weighted by Crippen LogP contribution is 2.32. The summed E-state index contributed by atoms with van der Waals surface area (Å²) in [7, 11) is 0. The summed E-state index contributed by atoms with van der Waals surface area (Å²) in [4.78, 5) is 11.2. The lowest BCUT2D eigenvalue weighted by molar-refractivity contribution is -0.137. The Morgan fingerprint density at radius 2 is 2.18 bits per heavy atom. The Morgan fingerprint density at radius 1 is 1.47 bits per heavy atom. The van der Waals surface area contributed by atoms with Crippen LogP contribution in [0.15, 0.2) is 42.5 Å². The van der Waals surface area contributed by atoms with Gasteiger partial charge in [-0.25, -0.2) is 4.79 Å². The van der Waals surface area contributed by atoms with Crippen LogP contribution in [0.2, 0.25) is 0 Å². The summed E-state index contributed by atoms with van der Waals surface area (Å²) in [6.07, 6.45) is 4.06. The lowest BCUT2D eigenvalue weighted by Gasteiger charge is -2.06. The molecule has 0 aromatic heterocycles. The van der Waals surface area contributed by atoms with Gasteiger partial charge in [0.25, 0.3) is 0 Å². The van der Waals surface area contributed by atoms with Gasteiger partial charge in [-0.1, -0.05) is 30.3 Å². The quantitative estimate of drug-likeness (QED) is 0.443. The first-order chi connectivity index (χ1) is 8.24. The van der Waals surface area contributed by atoms with Gasteiger partial charge in [-0.3, -0.25) is 0 Å². The minimum Gasteiger partial charge on any atom is -0.463 e. The molecular weight excluding hydrogens is 216 g/mol. The predicted octanol–water partition coefficient (Wildman–Crippen LogP) is 2.12. The Kier molecular flexibility index (Phi) is 3.59. The molecule has 3 nitrogen and oxygen atoms in total. The summed E-state index contributed by atoms with van der Waals surface area (Å²) >= 11 is 0. The van der Waals surface area contributed by atoms with Crippen molar-refractivity contribution in [1.82, 2.24) is 0 Å². The van der Waals surface area contributed by atoms with E-state index in [0.717, 1.165) is 6.42 Å². The first kappa shape index (κ1) is 11.9. The van der Waals surface area contributed by atoms with Crippen LogP contribution >= 0.6 is 0 Å². The number of rotatable bonds is 5. The molecule has 0 N–H and O–H groups in total. The molecule has 1 atom stereocenters. The molecule has 3 heteroatoms. The molecular formula is C14H16O3. The van der Waals surface area contributed by atoms with Gasteiger partial charge in [-0.2, -0.15) is 0 Å². The molecule has 1 aromatic rings. The molecule has 0 aliphatic carbocycles.